The van der Waals surface area contributed by atoms with Crippen LogP contribution >= 0.6 is 0 Å². The van der Waals surface area contributed by atoms with E-state index >= 15 is 0 Å². The zero-order valence-corrected chi connectivity index (χ0v) is 15.6. The lowest BCUT2D eigenvalue weighted by atomic mass is 9.44. The number of hydrogen-bond acceptors (Lipinski definition) is 3. The Morgan fingerprint density at radius 3 is 2.38 bits per heavy atom. The lowest BCUT2D eigenvalue weighted by Gasteiger charge is -2.61. The van der Waals surface area contributed by atoms with Gasteiger partial charge in [-0.05, 0) is 93.8 Å². The molecular weight excluding hydrogens is 300 g/mol. The van der Waals surface area contributed by atoms with Crippen molar-refractivity contribution in [3.8, 4) is 0 Å². The smallest absolute Gasteiger partial charge is 0.161 e. The average molecular weight is 335 g/mol. The van der Waals surface area contributed by atoms with Gasteiger partial charge in [0.25, 0.3) is 0 Å². The molecule has 4 aliphatic carbocycles. The molecule has 8 atom stereocenters. The molecule has 0 radical (unpaired) electrons. The highest BCUT2D eigenvalue weighted by Crippen LogP contribution is 2.68. The molecule has 0 aromatic carbocycles. The van der Waals surface area contributed by atoms with Crippen molar-refractivity contribution in [3.63, 3.8) is 0 Å². The molecule has 0 saturated heterocycles. The molecule has 136 valence electrons. The van der Waals surface area contributed by atoms with Gasteiger partial charge in [-0.25, -0.2) is 0 Å². The van der Waals surface area contributed by atoms with Crippen molar-refractivity contribution in [1.29, 1.82) is 0 Å². The molecule has 4 fully saturated rings. The van der Waals surface area contributed by atoms with Gasteiger partial charge in [-0.1, -0.05) is 13.8 Å². The van der Waals surface area contributed by atoms with Crippen LogP contribution in [-0.2, 0) is 4.79 Å². The maximum absolute atomic E-state index is 12.2. The highest BCUT2D eigenvalue weighted by Gasteiger charge is 2.65. The van der Waals surface area contributed by atoms with Crippen LogP contribution in [0.15, 0.2) is 0 Å². The molecule has 0 aromatic heterocycles. The number of Topliss-reactive ketones (excluding diaryl/α,β-unsaturated/α-hetero) is 1. The van der Waals surface area contributed by atoms with Crippen molar-refractivity contribution in [3.05, 3.63) is 0 Å². The van der Waals surface area contributed by atoms with Gasteiger partial charge in [0, 0.05) is 5.41 Å². The molecule has 0 aliphatic heterocycles. The van der Waals surface area contributed by atoms with Crippen molar-refractivity contribution in [2.45, 2.75) is 90.3 Å². The number of rotatable bonds is 1. The molecule has 0 bridgehead atoms. The van der Waals surface area contributed by atoms with E-state index in [0.29, 0.717) is 29.6 Å². The zero-order chi connectivity index (χ0) is 17.3. The second-order valence-corrected chi connectivity index (χ2v) is 10.00. The summed E-state index contributed by atoms with van der Waals surface area (Å²) in [7, 11) is 0. The van der Waals surface area contributed by atoms with Crippen LogP contribution in [-0.4, -0.2) is 27.7 Å². The Morgan fingerprint density at radius 1 is 0.958 bits per heavy atom. The molecule has 0 spiro atoms. The first-order valence-electron chi connectivity index (χ1n) is 10.1. The number of aliphatic hydroxyl groups is 2. The van der Waals surface area contributed by atoms with Crippen LogP contribution in [0.4, 0.5) is 0 Å². The standard InChI is InChI=1S/C21H34O3/c1-13(22)21(24)11-8-18-16-5-4-14-12-15(23)6-9-19(14,2)17(16)7-10-20(18,21)3/h14-18,23-24H,4-12H2,1-3H3/t14-,15+,16+,17+,18+,19-,20+,21-/m0/s1. The van der Waals surface area contributed by atoms with Crippen molar-refractivity contribution >= 4 is 5.78 Å². The Hall–Kier alpha value is -0.410. The summed E-state index contributed by atoms with van der Waals surface area (Å²) in [6, 6.07) is 0. The monoisotopic (exact) mass is 334 g/mol. The minimum Gasteiger partial charge on any atom is -0.393 e. The second-order valence-electron chi connectivity index (χ2n) is 10.00. The van der Waals surface area contributed by atoms with Crippen LogP contribution in [0, 0.1) is 34.5 Å². The van der Waals surface area contributed by atoms with Crippen LogP contribution in [0.1, 0.15) is 78.6 Å². The summed E-state index contributed by atoms with van der Waals surface area (Å²) in [4.78, 5) is 12.2. The fourth-order valence-electron chi connectivity index (χ4n) is 7.83. The van der Waals surface area contributed by atoms with E-state index in [1.807, 2.05) is 0 Å². The Labute approximate surface area is 146 Å². The second kappa shape index (κ2) is 5.30. The van der Waals surface area contributed by atoms with E-state index in [-0.39, 0.29) is 17.3 Å². The van der Waals surface area contributed by atoms with Crippen molar-refractivity contribution in [2.75, 3.05) is 0 Å². The Bertz CT molecular complexity index is 545. The third kappa shape index (κ3) is 2.00. The SMILES string of the molecule is CC(=O)[C@@]1(O)CC[C@@H]2[C@@H]3CC[C@H]4C[C@H](O)CC[C@]4(C)[C@@H]3CC[C@]21C. The lowest BCUT2D eigenvalue weighted by molar-refractivity contribution is -0.170. The normalized spacial score (nSPS) is 57.0. The quantitative estimate of drug-likeness (QED) is 0.768. The third-order valence-corrected chi connectivity index (χ3v) is 9.37. The molecular formula is C21H34O3. The fourth-order valence-corrected chi connectivity index (χ4v) is 7.83. The van der Waals surface area contributed by atoms with E-state index in [1.54, 1.807) is 6.92 Å². The van der Waals surface area contributed by atoms with Gasteiger partial charge in [0.15, 0.2) is 5.78 Å². The van der Waals surface area contributed by atoms with Gasteiger partial charge < -0.3 is 10.2 Å². The van der Waals surface area contributed by atoms with E-state index in [9.17, 15) is 15.0 Å². The fraction of sp³-hybridized carbons (Fsp3) is 0.952. The molecule has 0 unspecified atom stereocenters. The molecule has 4 saturated carbocycles. The molecule has 0 amide bonds. The van der Waals surface area contributed by atoms with Crippen LogP contribution < -0.4 is 0 Å². The number of fused-ring (bicyclic) bond motifs is 5. The topological polar surface area (TPSA) is 57.5 Å². The van der Waals surface area contributed by atoms with Crippen LogP contribution in [0.3, 0.4) is 0 Å². The highest BCUT2D eigenvalue weighted by molar-refractivity contribution is 5.86. The van der Waals surface area contributed by atoms with Gasteiger partial charge in [0.2, 0.25) is 0 Å². The van der Waals surface area contributed by atoms with Gasteiger partial charge >= 0.3 is 0 Å². The molecule has 3 nitrogen and oxygen atoms in total. The zero-order valence-electron chi connectivity index (χ0n) is 15.6. The Balaban J connectivity index is 1.65. The van der Waals surface area contributed by atoms with Crippen LogP contribution in [0.25, 0.3) is 0 Å². The predicted octanol–water partition coefficient (Wildman–Crippen LogP) is 3.71. The maximum Gasteiger partial charge on any atom is 0.161 e. The maximum atomic E-state index is 12.2. The molecule has 0 heterocycles. The van der Waals surface area contributed by atoms with E-state index < -0.39 is 5.60 Å². The minimum absolute atomic E-state index is 0.0216. The predicted molar refractivity (Wildman–Crippen MR) is 93.4 cm³/mol. The summed E-state index contributed by atoms with van der Waals surface area (Å²) in [6.07, 6.45) is 9.25. The lowest BCUT2D eigenvalue weighted by Crippen LogP contribution is -2.58. The summed E-state index contributed by atoms with van der Waals surface area (Å²) in [6.45, 7) is 6.26. The molecule has 3 heteroatoms. The first-order chi connectivity index (χ1) is 11.2. The van der Waals surface area contributed by atoms with Crippen molar-refractivity contribution in [2.24, 2.45) is 34.5 Å². The van der Waals surface area contributed by atoms with Gasteiger partial charge in [-0.15, -0.1) is 0 Å². The minimum atomic E-state index is -1.09. The largest absolute Gasteiger partial charge is 0.393 e. The number of carbonyl (C=O) groups excluding carboxylic acids is 1. The van der Waals surface area contributed by atoms with E-state index in [1.165, 1.54) is 12.8 Å². The van der Waals surface area contributed by atoms with Crippen molar-refractivity contribution in [1.82, 2.24) is 0 Å². The molecule has 4 rings (SSSR count). The van der Waals surface area contributed by atoms with Gasteiger partial charge in [0.1, 0.15) is 5.60 Å². The summed E-state index contributed by atoms with van der Waals surface area (Å²) in [5.74, 6) is 2.52. The van der Waals surface area contributed by atoms with Gasteiger partial charge in [-0.2, -0.15) is 0 Å². The summed E-state index contributed by atoms with van der Waals surface area (Å²) in [5.41, 5.74) is -0.957. The summed E-state index contributed by atoms with van der Waals surface area (Å²) < 4.78 is 0. The first kappa shape index (κ1) is 17.0. The first-order valence-corrected chi connectivity index (χ1v) is 10.1. The molecule has 0 aromatic rings. The van der Waals surface area contributed by atoms with Gasteiger partial charge in [-0.3, -0.25) is 4.79 Å². The summed E-state index contributed by atoms with van der Waals surface area (Å²) >= 11 is 0. The molecule has 24 heavy (non-hydrogen) atoms. The third-order valence-electron chi connectivity index (χ3n) is 9.37. The number of hydrogen-bond donors (Lipinski definition) is 2. The van der Waals surface area contributed by atoms with Crippen molar-refractivity contribution < 1.29 is 15.0 Å². The van der Waals surface area contributed by atoms with Crippen LogP contribution in [0.2, 0.25) is 0 Å². The van der Waals surface area contributed by atoms with Crippen LogP contribution in [0.5, 0.6) is 0 Å². The van der Waals surface area contributed by atoms with E-state index in [4.69, 9.17) is 0 Å². The highest BCUT2D eigenvalue weighted by atomic mass is 16.3. The number of ketones is 1. The summed E-state index contributed by atoms with van der Waals surface area (Å²) in [5, 5.41) is 21.3. The molecule has 4 aliphatic rings. The van der Waals surface area contributed by atoms with E-state index in [2.05, 4.69) is 13.8 Å². The van der Waals surface area contributed by atoms with E-state index in [0.717, 1.165) is 44.4 Å². The number of aliphatic hydroxyl groups excluding tert-OH is 1. The Kier molecular flexibility index (Phi) is 3.76. The number of carbonyl (C=O) groups is 1. The Morgan fingerprint density at radius 2 is 1.67 bits per heavy atom. The molecule has 2 N–H and O–H groups in total. The van der Waals surface area contributed by atoms with Gasteiger partial charge in [0.05, 0.1) is 6.10 Å². The average Bonchev–Trinajstić information content (AvgIpc) is 2.81.